The number of hydrogen-bond donors (Lipinski definition) is 2. The molecule has 0 saturated heterocycles. The highest BCUT2D eigenvalue weighted by Crippen LogP contribution is 2.11. The molecule has 0 bridgehead atoms. The summed E-state index contributed by atoms with van der Waals surface area (Å²) < 4.78 is 1.66. The number of amides is 1. The van der Waals surface area contributed by atoms with Crippen molar-refractivity contribution in [1.29, 1.82) is 0 Å². The van der Waals surface area contributed by atoms with Crippen LogP contribution in [0, 0.1) is 6.92 Å². The van der Waals surface area contributed by atoms with E-state index in [9.17, 15) is 4.79 Å². The van der Waals surface area contributed by atoms with Crippen molar-refractivity contribution in [1.82, 2.24) is 9.78 Å². The van der Waals surface area contributed by atoms with Gasteiger partial charge in [-0.05, 0) is 30.7 Å². The van der Waals surface area contributed by atoms with Crippen molar-refractivity contribution in [3.8, 4) is 0 Å². The summed E-state index contributed by atoms with van der Waals surface area (Å²) in [6, 6.07) is 8.76. The van der Waals surface area contributed by atoms with Crippen molar-refractivity contribution in [3.63, 3.8) is 0 Å². The fourth-order valence-electron chi connectivity index (χ4n) is 1.56. The largest absolute Gasteiger partial charge is 0.392 e. The van der Waals surface area contributed by atoms with Gasteiger partial charge in [0.2, 0.25) is 0 Å². The topological polar surface area (TPSA) is 67.2 Å². The highest BCUT2D eigenvalue weighted by atomic mass is 16.3. The Morgan fingerprint density at radius 2 is 2.06 bits per heavy atom. The maximum absolute atomic E-state index is 11.9. The van der Waals surface area contributed by atoms with Crippen molar-refractivity contribution < 1.29 is 9.90 Å². The van der Waals surface area contributed by atoms with E-state index >= 15 is 0 Å². The third-order valence-electron chi connectivity index (χ3n) is 2.74. The van der Waals surface area contributed by atoms with E-state index in [1.807, 2.05) is 6.92 Å². The van der Waals surface area contributed by atoms with E-state index in [1.54, 1.807) is 42.1 Å². The zero-order chi connectivity index (χ0) is 13.1. The summed E-state index contributed by atoms with van der Waals surface area (Å²) >= 11 is 0. The Bertz CT molecular complexity index is 539. The second-order valence-electron chi connectivity index (χ2n) is 4.10. The van der Waals surface area contributed by atoms with Gasteiger partial charge >= 0.3 is 0 Å². The first-order chi connectivity index (χ1) is 8.60. The molecule has 18 heavy (non-hydrogen) atoms. The predicted molar refractivity (Wildman–Crippen MR) is 68.3 cm³/mol. The quantitative estimate of drug-likeness (QED) is 0.860. The molecule has 0 saturated carbocycles. The Morgan fingerprint density at radius 1 is 1.39 bits per heavy atom. The molecule has 2 N–H and O–H groups in total. The standard InChI is InChI=1S/C13H15N3O2/c1-9-7-12(15-16(9)2)13(18)14-11-5-3-10(8-17)4-6-11/h3-7,17H,8H2,1-2H3,(H,14,18). The minimum atomic E-state index is -0.240. The fourth-order valence-corrected chi connectivity index (χ4v) is 1.56. The number of aliphatic hydroxyl groups is 1. The van der Waals surface area contributed by atoms with Crippen LogP contribution in [0.5, 0.6) is 0 Å². The molecule has 2 aromatic rings. The van der Waals surface area contributed by atoms with Crippen molar-refractivity contribution in [2.24, 2.45) is 7.05 Å². The zero-order valence-corrected chi connectivity index (χ0v) is 10.3. The first-order valence-electron chi connectivity index (χ1n) is 5.62. The van der Waals surface area contributed by atoms with Gasteiger partial charge in [-0.1, -0.05) is 12.1 Å². The van der Waals surface area contributed by atoms with Crippen LogP contribution < -0.4 is 5.32 Å². The number of anilines is 1. The summed E-state index contributed by atoms with van der Waals surface area (Å²) in [5, 5.41) is 15.8. The number of aromatic nitrogens is 2. The van der Waals surface area contributed by atoms with Crippen LogP contribution in [0.4, 0.5) is 5.69 Å². The van der Waals surface area contributed by atoms with E-state index in [1.165, 1.54) is 0 Å². The summed E-state index contributed by atoms with van der Waals surface area (Å²) in [7, 11) is 1.79. The Labute approximate surface area is 105 Å². The summed E-state index contributed by atoms with van der Waals surface area (Å²) in [5.74, 6) is -0.240. The first-order valence-corrected chi connectivity index (χ1v) is 5.62. The second-order valence-corrected chi connectivity index (χ2v) is 4.10. The van der Waals surface area contributed by atoms with Crippen molar-refractivity contribution in [3.05, 3.63) is 47.3 Å². The monoisotopic (exact) mass is 245 g/mol. The summed E-state index contributed by atoms with van der Waals surface area (Å²) in [6.45, 7) is 1.88. The second kappa shape index (κ2) is 5.01. The molecule has 1 aromatic heterocycles. The van der Waals surface area contributed by atoms with Gasteiger partial charge < -0.3 is 10.4 Å². The Hall–Kier alpha value is -2.14. The van der Waals surface area contributed by atoms with E-state index in [0.29, 0.717) is 11.4 Å². The van der Waals surface area contributed by atoms with Gasteiger partial charge in [-0.25, -0.2) is 0 Å². The van der Waals surface area contributed by atoms with E-state index in [2.05, 4.69) is 10.4 Å². The van der Waals surface area contributed by atoms with E-state index in [0.717, 1.165) is 11.3 Å². The lowest BCUT2D eigenvalue weighted by Gasteiger charge is -2.03. The maximum atomic E-state index is 11.9. The number of benzene rings is 1. The van der Waals surface area contributed by atoms with Crippen LogP contribution in [0.1, 0.15) is 21.7 Å². The highest BCUT2D eigenvalue weighted by Gasteiger charge is 2.10. The van der Waals surface area contributed by atoms with Gasteiger partial charge in [0.1, 0.15) is 0 Å². The molecule has 0 atom stereocenters. The van der Waals surface area contributed by atoms with Crippen LogP contribution in [0.3, 0.4) is 0 Å². The number of aryl methyl sites for hydroxylation is 2. The number of aliphatic hydroxyl groups excluding tert-OH is 1. The summed E-state index contributed by atoms with van der Waals surface area (Å²) in [5.41, 5.74) is 2.80. The fraction of sp³-hybridized carbons (Fsp3) is 0.231. The Morgan fingerprint density at radius 3 is 2.56 bits per heavy atom. The third-order valence-corrected chi connectivity index (χ3v) is 2.74. The molecule has 94 valence electrons. The lowest BCUT2D eigenvalue weighted by molar-refractivity contribution is 0.102. The highest BCUT2D eigenvalue weighted by molar-refractivity contribution is 6.02. The van der Waals surface area contributed by atoms with E-state index in [-0.39, 0.29) is 12.5 Å². The molecule has 5 heteroatoms. The van der Waals surface area contributed by atoms with Gasteiger partial charge in [-0.3, -0.25) is 9.48 Å². The van der Waals surface area contributed by atoms with Gasteiger partial charge in [0.05, 0.1) is 6.61 Å². The van der Waals surface area contributed by atoms with Crippen LogP contribution in [0.15, 0.2) is 30.3 Å². The minimum Gasteiger partial charge on any atom is -0.392 e. The number of nitrogens with one attached hydrogen (secondary N) is 1. The maximum Gasteiger partial charge on any atom is 0.276 e. The lowest BCUT2D eigenvalue weighted by Crippen LogP contribution is -2.12. The molecule has 2 rings (SSSR count). The summed E-state index contributed by atoms with van der Waals surface area (Å²) in [4.78, 5) is 11.9. The van der Waals surface area contributed by atoms with Gasteiger partial charge in [0, 0.05) is 18.4 Å². The number of rotatable bonds is 3. The predicted octanol–water partition coefficient (Wildman–Crippen LogP) is 1.47. The van der Waals surface area contributed by atoms with Gasteiger partial charge in [-0.15, -0.1) is 0 Å². The normalized spacial score (nSPS) is 10.4. The van der Waals surface area contributed by atoms with Crippen LogP contribution in [0.25, 0.3) is 0 Å². The molecular weight excluding hydrogens is 230 g/mol. The van der Waals surface area contributed by atoms with Gasteiger partial charge in [0.25, 0.3) is 5.91 Å². The Kier molecular flexibility index (Phi) is 3.43. The molecule has 1 aromatic carbocycles. The van der Waals surface area contributed by atoms with Crippen LogP contribution >= 0.6 is 0 Å². The molecule has 5 nitrogen and oxygen atoms in total. The molecule has 1 heterocycles. The lowest BCUT2D eigenvalue weighted by atomic mass is 10.2. The van der Waals surface area contributed by atoms with Crippen molar-refractivity contribution >= 4 is 11.6 Å². The molecule has 0 aliphatic heterocycles. The molecule has 0 unspecified atom stereocenters. The smallest absolute Gasteiger partial charge is 0.276 e. The molecular formula is C13H15N3O2. The molecule has 0 aliphatic carbocycles. The third kappa shape index (κ3) is 2.57. The van der Waals surface area contributed by atoms with E-state index in [4.69, 9.17) is 5.11 Å². The number of hydrogen-bond acceptors (Lipinski definition) is 3. The van der Waals surface area contributed by atoms with Crippen molar-refractivity contribution in [2.75, 3.05) is 5.32 Å². The molecule has 1 amide bonds. The molecule has 0 fully saturated rings. The Balaban J connectivity index is 2.10. The number of carbonyl (C=O) groups excluding carboxylic acids is 1. The van der Waals surface area contributed by atoms with Crippen LogP contribution in [-0.4, -0.2) is 20.8 Å². The molecule has 0 aliphatic rings. The average Bonchev–Trinajstić information content (AvgIpc) is 2.71. The van der Waals surface area contributed by atoms with Crippen LogP contribution in [0.2, 0.25) is 0 Å². The van der Waals surface area contributed by atoms with E-state index < -0.39 is 0 Å². The molecule has 0 spiro atoms. The summed E-state index contributed by atoms with van der Waals surface area (Å²) in [6.07, 6.45) is 0. The average molecular weight is 245 g/mol. The minimum absolute atomic E-state index is 0.00629. The van der Waals surface area contributed by atoms with Crippen molar-refractivity contribution in [2.45, 2.75) is 13.5 Å². The van der Waals surface area contributed by atoms with Gasteiger partial charge in [0.15, 0.2) is 5.69 Å². The first kappa shape index (κ1) is 12.3. The van der Waals surface area contributed by atoms with Crippen LogP contribution in [-0.2, 0) is 13.7 Å². The zero-order valence-electron chi connectivity index (χ0n) is 10.3. The number of nitrogens with zero attached hydrogens (tertiary/aromatic N) is 2. The molecule has 0 radical (unpaired) electrons. The SMILES string of the molecule is Cc1cc(C(=O)Nc2ccc(CO)cc2)nn1C. The van der Waals surface area contributed by atoms with Gasteiger partial charge in [-0.2, -0.15) is 5.10 Å². The number of carbonyl (C=O) groups is 1.